The molecule has 0 aromatic heterocycles. The summed E-state index contributed by atoms with van der Waals surface area (Å²) in [5.41, 5.74) is -0.845. The normalized spacial score (nSPS) is 27.6. The number of amides is 3. The third kappa shape index (κ3) is 1.99. The first-order valence-electron chi connectivity index (χ1n) is 5.82. The molecule has 2 aliphatic heterocycles. The minimum absolute atomic E-state index is 0.0948. The van der Waals surface area contributed by atoms with Crippen molar-refractivity contribution < 1.29 is 14.4 Å². The third-order valence-corrected chi connectivity index (χ3v) is 3.41. The average molecular weight is 239 g/mol. The van der Waals surface area contributed by atoms with Crippen LogP contribution in [0.15, 0.2) is 0 Å². The van der Waals surface area contributed by atoms with Gasteiger partial charge in [-0.3, -0.25) is 14.4 Å². The molecule has 2 heterocycles. The summed E-state index contributed by atoms with van der Waals surface area (Å²) in [5, 5.41) is 5.38. The van der Waals surface area contributed by atoms with Crippen molar-refractivity contribution in [1.29, 1.82) is 0 Å². The second kappa shape index (κ2) is 4.01. The van der Waals surface area contributed by atoms with Gasteiger partial charge in [-0.15, -0.1) is 0 Å². The van der Waals surface area contributed by atoms with Crippen molar-refractivity contribution in [3.05, 3.63) is 0 Å². The number of hydrogen-bond donors (Lipinski definition) is 2. The molecule has 6 nitrogen and oxygen atoms in total. The Morgan fingerprint density at radius 1 is 1.41 bits per heavy atom. The van der Waals surface area contributed by atoms with Crippen LogP contribution in [-0.2, 0) is 14.4 Å². The van der Waals surface area contributed by atoms with E-state index in [0.717, 1.165) is 0 Å². The monoisotopic (exact) mass is 239 g/mol. The number of nitrogens with one attached hydrogen (secondary N) is 2. The minimum atomic E-state index is -0.845. The van der Waals surface area contributed by atoms with Gasteiger partial charge in [0.2, 0.25) is 17.7 Å². The Labute approximate surface area is 99.7 Å². The molecule has 2 rings (SSSR count). The number of rotatable bonds is 1. The first-order chi connectivity index (χ1) is 7.93. The third-order valence-electron chi connectivity index (χ3n) is 3.41. The van der Waals surface area contributed by atoms with Crippen molar-refractivity contribution in [3.63, 3.8) is 0 Å². The van der Waals surface area contributed by atoms with Crippen LogP contribution < -0.4 is 10.6 Å². The van der Waals surface area contributed by atoms with Crippen LogP contribution in [0.5, 0.6) is 0 Å². The first-order valence-corrected chi connectivity index (χ1v) is 5.82. The lowest BCUT2D eigenvalue weighted by Gasteiger charge is -2.42. The summed E-state index contributed by atoms with van der Waals surface area (Å²) in [6.45, 7) is 4.39. The Kier molecular flexibility index (Phi) is 2.81. The van der Waals surface area contributed by atoms with Crippen LogP contribution in [0.25, 0.3) is 0 Å². The predicted octanol–water partition coefficient (Wildman–Crippen LogP) is -0.998. The highest BCUT2D eigenvalue weighted by atomic mass is 16.2. The van der Waals surface area contributed by atoms with Crippen molar-refractivity contribution in [3.8, 4) is 0 Å². The molecule has 94 valence electrons. The maximum Gasteiger partial charge on any atom is 0.246 e. The maximum atomic E-state index is 12.2. The molecule has 0 saturated carbocycles. The molecule has 0 radical (unpaired) electrons. The Morgan fingerprint density at radius 2 is 2.12 bits per heavy atom. The van der Waals surface area contributed by atoms with Crippen molar-refractivity contribution in [1.82, 2.24) is 15.5 Å². The molecular weight excluding hydrogens is 222 g/mol. The summed E-state index contributed by atoms with van der Waals surface area (Å²) in [6, 6.07) is -0.465. The fourth-order valence-electron chi connectivity index (χ4n) is 2.27. The van der Waals surface area contributed by atoms with E-state index in [1.807, 2.05) is 0 Å². The average Bonchev–Trinajstić information content (AvgIpc) is 2.68. The van der Waals surface area contributed by atoms with E-state index in [1.165, 1.54) is 0 Å². The Bertz CT molecular complexity index is 378. The van der Waals surface area contributed by atoms with Gasteiger partial charge in [0.05, 0.1) is 0 Å². The molecule has 2 saturated heterocycles. The van der Waals surface area contributed by atoms with E-state index in [0.29, 0.717) is 25.9 Å². The molecule has 3 amide bonds. The Hall–Kier alpha value is -1.59. The Morgan fingerprint density at radius 3 is 2.71 bits per heavy atom. The SMILES string of the molecule is CC1(C)C(=O)NCCN1C(=O)[C@@H]1CCC(=O)N1. The zero-order valence-electron chi connectivity index (χ0n) is 10.1. The highest BCUT2D eigenvalue weighted by molar-refractivity contribution is 5.96. The number of piperazine rings is 1. The van der Waals surface area contributed by atoms with Crippen LogP contribution in [0.4, 0.5) is 0 Å². The lowest BCUT2D eigenvalue weighted by atomic mass is 9.97. The fourth-order valence-corrected chi connectivity index (χ4v) is 2.27. The molecule has 2 fully saturated rings. The van der Waals surface area contributed by atoms with Gasteiger partial charge in [0.1, 0.15) is 11.6 Å². The van der Waals surface area contributed by atoms with Gasteiger partial charge in [0, 0.05) is 19.5 Å². The topological polar surface area (TPSA) is 78.5 Å². The second-order valence-electron chi connectivity index (χ2n) is 4.96. The zero-order valence-corrected chi connectivity index (χ0v) is 10.1. The molecule has 17 heavy (non-hydrogen) atoms. The van der Waals surface area contributed by atoms with E-state index >= 15 is 0 Å². The molecule has 0 aliphatic carbocycles. The molecule has 2 aliphatic rings. The predicted molar refractivity (Wildman–Crippen MR) is 60.0 cm³/mol. The van der Waals surface area contributed by atoms with Gasteiger partial charge in [0.25, 0.3) is 0 Å². The second-order valence-corrected chi connectivity index (χ2v) is 4.96. The van der Waals surface area contributed by atoms with E-state index in [4.69, 9.17) is 0 Å². The molecule has 0 unspecified atom stereocenters. The maximum absolute atomic E-state index is 12.2. The van der Waals surface area contributed by atoms with Gasteiger partial charge in [-0.2, -0.15) is 0 Å². The van der Waals surface area contributed by atoms with E-state index in [1.54, 1.807) is 18.7 Å². The van der Waals surface area contributed by atoms with Crippen molar-refractivity contribution in [2.75, 3.05) is 13.1 Å². The number of carbonyl (C=O) groups is 3. The van der Waals surface area contributed by atoms with E-state index in [-0.39, 0.29) is 17.7 Å². The van der Waals surface area contributed by atoms with Crippen LogP contribution in [0, 0.1) is 0 Å². The molecule has 2 N–H and O–H groups in total. The molecule has 1 atom stereocenters. The number of hydrogen-bond acceptors (Lipinski definition) is 3. The highest BCUT2D eigenvalue weighted by Gasteiger charge is 2.43. The lowest BCUT2D eigenvalue weighted by Crippen LogP contribution is -2.65. The number of carbonyl (C=O) groups excluding carboxylic acids is 3. The Balaban J connectivity index is 2.13. The summed E-state index contributed by atoms with van der Waals surface area (Å²) in [6.07, 6.45) is 0.905. The molecular formula is C11H17N3O3. The summed E-state index contributed by atoms with van der Waals surface area (Å²) < 4.78 is 0. The van der Waals surface area contributed by atoms with Crippen molar-refractivity contribution in [2.45, 2.75) is 38.3 Å². The van der Waals surface area contributed by atoms with Crippen LogP contribution in [0.3, 0.4) is 0 Å². The van der Waals surface area contributed by atoms with Crippen LogP contribution >= 0.6 is 0 Å². The van der Waals surface area contributed by atoms with Crippen molar-refractivity contribution >= 4 is 17.7 Å². The quantitative estimate of drug-likeness (QED) is 0.616. The van der Waals surface area contributed by atoms with Crippen LogP contribution in [0.2, 0.25) is 0 Å². The summed E-state index contributed by atoms with van der Waals surface area (Å²) >= 11 is 0. The van der Waals surface area contributed by atoms with Crippen LogP contribution in [-0.4, -0.2) is 47.3 Å². The largest absolute Gasteiger partial charge is 0.352 e. The van der Waals surface area contributed by atoms with E-state index < -0.39 is 11.6 Å². The molecule has 0 aromatic rings. The molecule has 6 heteroatoms. The molecule has 0 aromatic carbocycles. The van der Waals surface area contributed by atoms with Gasteiger partial charge in [0.15, 0.2) is 0 Å². The van der Waals surface area contributed by atoms with Gasteiger partial charge in [-0.1, -0.05) is 0 Å². The van der Waals surface area contributed by atoms with Gasteiger partial charge in [-0.05, 0) is 20.3 Å². The van der Waals surface area contributed by atoms with Gasteiger partial charge in [-0.25, -0.2) is 0 Å². The smallest absolute Gasteiger partial charge is 0.246 e. The highest BCUT2D eigenvalue weighted by Crippen LogP contribution is 2.21. The number of nitrogens with zero attached hydrogens (tertiary/aromatic N) is 1. The van der Waals surface area contributed by atoms with E-state index in [9.17, 15) is 14.4 Å². The standard InChI is InChI=1S/C11H17N3O3/c1-11(2)10(17)12-5-6-14(11)9(16)7-3-4-8(15)13-7/h7H,3-6H2,1-2H3,(H,12,17)(H,13,15)/t7-/m0/s1. The van der Waals surface area contributed by atoms with E-state index in [2.05, 4.69) is 10.6 Å². The summed E-state index contributed by atoms with van der Waals surface area (Å²) in [4.78, 5) is 36.6. The van der Waals surface area contributed by atoms with Crippen LogP contribution in [0.1, 0.15) is 26.7 Å². The van der Waals surface area contributed by atoms with Gasteiger partial charge < -0.3 is 15.5 Å². The summed E-state index contributed by atoms with van der Waals surface area (Å²) in [7, 11) is 0. The zero-order chi connectivity index (χ0) is 12.6. The summed E-state index contributed by atoms with van der Waals surface area (Å²) in [5.74, 6) is -0.403. The molecule has 0 bridgehead atoms. The van der Waals surface area contributed by atoms with Gasteiger partial charge >= 0.3 is 0 Å². The first kappa shape index (κ1) is 11.9. The molecule has 0 spiro atoms. The fraction of sp³-hybridized carbons (Fsp3) is 0.727. The minimum Gasteiger partial charge on any atom is -0.352 e. The lowest BCUT2D eigenvalue weighted by molar-refractivity contribution is -0.150. The van der Waals surface area contributed by atoms with Crippen molar-refractivity contribution in [2.24, 2.45) is 0 Å².